The second-order valence-corrected chi connectivity index (χ2v) is 13.2. The molecule has 0 heterocycles. The fourth-order valence-corrected chi connectivity index (χ4v) is 5.70. The van der Waals surface area contributed by atoms with Gasteiger partial charge < -0.3 is 14.2 Å². The fraction of sp³-hybridized carbons (Fsp3) is 0.816. The molecule has 1 aromatic carbocycles. The summed E-state index contributed by atoms with van der Waals surface area (Å²) in [5, 5.41) is 0.807. The molecule has 4 nitrogen and oxygen atoms in total. The van der Waals surface area contributed by atoms with Crippen LogP contribution in [0.5, 0.6) is 11.5 Å². The van der Waals surface area contributed by atoms with Crippen LogP contribution in [0.3, 0.4) is 0 Å². The quantitative estimate of drug-likeness (QED) is 0.0436. The molecule has 0 aliphatic heterocycles. The van der Waals surface area contributed by atoms with Gasteiger partial charge in [0.05, 0.1) is 13.2 Å². The lowest BCUT2D eigenvalue weighted by atomic mass is 10.0. The third-order valence-corrected chi connectivity index (χ3v) is 8.70. The van der Waals surface area contributed by atoms with Gasteiger partial charge in [-0.3, -0.25) is 4.79 Å². The number of benzene rings is 1. The van der Waals surface area contributed by atoms with Crippen molar-refractivity contribution in [2.45, 2.75) is 181 Å². The molecule has 0 saturated carbocycles. The number of rotatable bonds is 32. The highest BCUT2D eigenvalue weighted by atomic mass is 79.9. The summed E-state index contributed by atoms with van der Waals surface area (Å²) in [6.07, 6.45) is 31.8. The van der Waals surface area contributed by atoms with Crippen molar-refractivity contribution in [2.75, 3.05) is 18.5 Å². The Morgan fingerprint density at radius 1 is 0.535 bits per heavy atom. The van der Waals surface area contributed by atoms with E-state index in [1.54, 1.807) is 0 Å². The van der Waals surface area contributed by atoms with Crippen molar-refractivity contribution < 1.29 is 19.0 Å². The first-order chi connectivity index (χ1) is 21.2. The molecule has 0 unspecified atom stereocenters. The summed E-state index contributed by atoms with van der Waals surface area (Å²) < 4.78 is 17.8. The van der Waals surface area contributed by atoms with Crippen LogP contribution < -0.4 is 9.47 Å². The summed E-state index contributed by atoms with van der Waals surface area (Å²) >= 11 is 3.38. The van der Waals surface area contributed by atoms with Crippen LogP contribution in [0, 0.1) is 0 Å². The van der Waals surface area contributed by atoms with Gasteiger partial charge in [-0.1, -0.05) is 165 Å². The average Bonchev–Trinajstić information content (AvgIpc) is 3.01. The SMILES string of the molecule is CCCCCCCCCCCCCCCOc1cc(COC(=O)CCCBr)cc(OCCCCCCCCCCCC)c1. The van der Waals surface area contributed by atoms with Crippen LogP contribution in [-0.2, 0) is 16.1 Å². The van der Waals surface area contributed by atoms with Crippen molar-refractivity contribution in [1.29, 1.82) is 0 Å². The molecule has 0 bridgehead atoms. The van der Waals surface area contributed by atoms with Crippen LogP contribution >= 0.6 is 15.9 Å². The Labute approximate surface area is 274 Å². The van der Waals surface area contributed by atoms with Crippen LogP contribution in [0.2, 0.25) is 0 Å². The summed E-state index contributed by atoms with van der Waals surface area (Å²) in [4.78, 5) is 12.0. The van der Waals surface area contributed by atoms with Gasteiger partial charge in [0, 0.05) is 17.8 Å². The van der Waals surface area contributed by atoms with Gasteiger partial charge in [0.25, 0.3) is 0 Å². The molecule has 0 saturated heterocycles. The van der Waals surface area contributed by atoms with Gasteiger partial charge in [0.2, 0.25) is 0 Å². The van der Waals surface area contributed by atoms with Gasteiger partial charge in [0.15, 0.2) is 0 Å². The number of alkyl halides is 1. The molecule has 0 N–H and O–H groups in total. The van der Waals surface area contributed by atoms with Gasteiger partial charge in [-0.2, -0.15) is 0 Å². The molecule has 0 atom stereocenters. The van der Waals surface area contributed by atoms with Gasteiger partial charge in [0.1, 0.15) is 18.1 Å². The van der Waals surface area contributed by atoms with E-state index in [0.29, 0.717) is 19.6 Å². The molecule has 0 fully saturated rings. The average molecular weight is 668 g/mol. The minimum absolute atomic E-state index is 0.162. The lowest BCUT2D eigenvalue weighted by Crippen LogP contribution is -2.06. The van der Waals surface area contributed by atoms with E-state index in [2.05, 4.69) is 29.8 Å². The largest absolute Gasteiger partial charge is 0.493 e. The second kappa shape index (κ2) is 30.8. The number of hydrogen-bond donors (Lipinski definition) is 0. The number of hydrogen-bond acceptors (Lipinski definition) is 4. The van der Waals surface area contributed by atoms with Crippen LogP contribution in [0.25, 0.3) is 0 Å². The third-order valence-electron chi connectivity index (χ3n) is 8.14. The van der Waals surface area contributed by atoms with E-state index in [-0.39, 0.29) is 12.6 Å². The Morgan fingerprint density at radius 2 is 0.907 bits per heavy atom. The summed E-state index contributed by atoms with van der Waals surface area (Å²) in [6.45, 7) is 6.24. The zero-order valence-electron chi connectivity index (χ0n) is 28.2. The van der Waals surface area contributed by atoms with E-state index in [0.717, 1.165) is 41.7 Å². The lowest BCUT2D eigenvalue weighted by Gasteiger charge is -2.13. The Kier molecular flexibility index (Phi) is 28.5. The van der Waals surface area contributed by atoms with Crippen molar-refractivity contribution >= 4 is 21.9 Å². The number of esters is 1. The standard InChI is InChI=1S/C38H67BrO4/c1-3-5-7-9-11-13-15-16-17-19-21-23-25-30-42-37-32-35(34-43-38(40)27-26-28-39)31-36(33-37)41-29-24-22-20-18-14-12-10-8-6-4-2/h31-33H,3-30,34H2,1-2H3. The number of unbranched alkanes of at least 4 members (excludes halogenated alkanes) is 21. The molecular weight excluding hydrogens is 600 g/mol. The molecule has 43 heavy (non-hydrogen) atoms. The zero-order chi connectivity index (χ0) is 31.1. The summed E-state index contributed by atoms with van der Waals surface area (Å²) in [6, 6.07) is 5.98. The molecule has 250 valence electrons. The van der Waals surface area contributed by atoms with Crippen molar-refractivity contribution in [3.05, 3.63) is 23.8 Å². The molecule has 1 rings (SSSR count). The predicted octanol–water partition coefficient (Wildman–Crippen LogP) is 12.7. The summed E-state index contributed by atoms with van der Waals surface area (Å²) in [5.41, 5.74) is 0.924. The summed E-state index contributed by atoms with van der Waals surface area (Å²) in [7, 11) is 0. The maximum absolute atomic E-state index is 12.0. The van der Waals surface area contributed by atoms with Gasteiger partial charge in [-0.25, -0.2) is 0 Å². The monoisotopic (exact) mass is 666 g/mol. The molecular formula is C38H67BrO4. The van der Waals surface area contributed by atoms with Crippen molar-refractivity contribution in [3.8, 4) is 11.5 Å². The first-order valence-corrected chi connectivity index (χ1v) is 19.4. The highest BCUT2D eigenvalue weighted by molar-refractivity contribution is 9.09. The molecule has 0 aliphatic rings. The molecule has 0 spiro atoms. The van der Waals surface area contributed by atoms with Crippen LogP contribution in [0.15, 0.2) is 18.2 Å². The number of carbonyl (C=O) groups excluding carboxylic acids is 1. The van der Waals surface area contributed by atoms with Crippen LogP contribution in [0.1, 0.15) is 180 Å². The van der Waals surface area contributed by atoms with E-state index in [1.165, 1.54) is 135 Å². The van der Waals surface area contributed by atoms with Crippen LogP contribution in [0.4, 0.5) is 0 Å². The Balaban J connectivity index is 2.31. The van der Waals surface area contributed by atoms with E-state index < -0.39 is 0 Å². The predicted molar refractivity (Wildman–Crippen MR) is 188 cm³/mol. The van der Waals surface area contributed by atoms with E-state index in [1.807, 2.05) is 18.2 Å². The third kappa shape index (κ3) is 25.8. The zero-order valence-corrected chi connectivity index (χ0v) is 29.8. The Bertz CT molecular complexity index is 753. The van der Waals surface area contributed by atoms with E-state index >= 15 is 0 Å². The van der Waals surface area contributed by atoms with Crippen molar-refractivity contribution in [1.82, 2.24) is 0 Å². The van der Waals surface area contributed by atoms with Gasteiger partial charge in [-0.15, -0.1) is 0 Å². The minimum Gasteiger partial charge on any atom is -0.493 e. The molecule has 0 aromatic heterocycles. The van der Waals surface area contributed by atoms with E-state index in [9.17, 15) is 4.79 Å². The first-order valence-electron chi connectivity index (χ1n) is 18.3. The molecule has 0 radical (unpaired) electrons. The molecule has 1 aromatic rings. The number of ether oxygens (including phenoxy) is 3. The number of carbonyl (C=O) groups is 1. The maximum atomic E-state index is 12.0. The topological polar surface area (TPSA) is 44.8 Å². The molecule has 0 aliphatic carbocycles. The minimum atomic E-state index is -0.162. The van der Waals surface area contributed by atoms with E-state index in [4.69, 9.17) is 14.2 Å². The van der Waals surface area contributed by atoms with Crippen LogP contribution in [-0.4, -0.2) is 24.5 Å². The highest BCUT2D eigenvalue weighted by Gasteiger charge is 2.08. The Hall–Kier alpha value is -1.23. The smallest absolute Gasteiger partial charge is 0.306 e. The fourth-order valence-electron chi connectivity index (χ4n) is 5.42. The van der Waals surface area contributed by atoms with Gasteiger partial charge in [-0.05, 0) is 37.0 Å². The second-order valence-electron chi connectivity index (χ2n) is 12.4. The number of halogens is 1. The first kappa shape index (κ1) is 39.8. The van der Waals surface area contributed by atoms with Crippen molar-refractivity contribution in [2.24, 2.45) is 0 Å². The van der Waals surface area contributed by atoms with Gasteiger partial charge >= 0.3 is 5.97 Å². The maximum Gasteiger partial charge on any atom is 0.306 e. The Morgan fingerprint density at radius 3 is 1.28 bits per heavy atom. The molecule has 5 heteroatoms. The lowest BCUT2D eigenvalue weighted by molar-refractivity contribution is -0.144. The highest BCUT2D eigenvalue weighted by Crippen LogP contribution is 2.25. The molecule has 0 amide bonds. The van der Waals surface area contributed by atoms with Crippen molar-refractivity contribution in [3.63, 3.8) is 0 Å². The summed E-state index contributed by atoms with van der Waals surface area (Å²) in [5.74, 6) is 1.46. The normalized spacial score (nSPS) is 11.1.